The van der Waals surface area contributed by atoms with Crippen molar-refractivity contribution < 1.29 is 14.3 Å². The van der Waals surface area contributed by atoms with E-state index >= 15 is 0 Å². The van der Waals surface area contributed by atoms with E-state index in [0.717, 1.165) is 5.56 Å². The number of ether oxygens (including phenoxy) is 2. The molecule has 7 heteroatoms. The first-order chi connectivity index (χ1) is 10.1. The lowest BCUT2D eigenvalue weighted by Gasteiger charge is -2.10. The van der Waals surface area contributed by atoms with Crippen LogP contribution in [0.4, 0.5) is 5.82 Å². The van der Waals surface area contributed by atoms with Crippen molar-refractivity contribution in [3.63, 3.8) is 0 Å². The van der Waals surface area contributed by atoms with Gasteiger partial charge < -0.3 is 20.0 Å². The molecule has 1 aromatic carbocycles. The average molecular weight is 288 g/mol. The summed E-state index contributed by atoms with van der Waals surface area (Å²) in [6.45, 7) is 1.94. The third-order valence-electron chi connectivity index (χ3n) is 2.64. The molecule has 1 heterocycles. The predicted molar refractivity (Wildman–Crippen MR) is 78.9 cm³/mol. The van der Waals surface area contributed by atoms with E-state index in [2.05, 4.69) is 20.0 Å². The number of benzene rings is 1. The van der Waals surface area contributed by atoms with Crippen LogP contribution in [-0.2, 0) is 4.84 Å². The van der Waals surface area contributed by atoms with E-state index in [1.807, 2.05) is 19.1 Å². The third kappa shape index (κ3) is 3.59. The standard InChI is InChI=1S/C14H16N4O3/c1-9-4-10(19-2)6-11(5-9)21-14-12(7-18-20-3)13(15)16-8-17-14/h4-8H,1-3H3,(H2,15,16,17)/b18-7+. The summed E-state index contributed by atoms with van der Waals surface area (Å²) in [6.07, 6.45) is 2.72. The zero-order valence-corrected chi connectivity index (χ0v) is 12.0. The quantitative estimate of drug-likeness (QED) is 0.669. The van der Waals surface area contributed by atoms with Gasteiger partial charge >= 0.3 is 0 Å². The Bertz CT molecular complexity index is 659. The van der Waals surface area contributed by atoms with E-state index in [0.29, 0.717) is 17.1 Å². The molecule has 0 aliphatic carbocycles. The van der Waals surface area contributed by atoms with Crippen LogP contribution < -0.4 is 15.2 Å². The Labute approximate surface area is 122 Å². The largest absolute Gasteiger partial charge is 0.497 e. The Morgan fingerprint density at radius 2 is 1.90 bits per heavy atom. The van der Waals surface area contributed by atoms with Crippen molar-refractivity contribution in [2.75, 3.05) is 20.0 Å². The number of oxime groups is 1. The normalized spacial score (nSPS) is 10.6. The number of methoxy groups -OCH3 is 1. The fourth-order valence-corrected chi connectivity index (χ4v) is 1.70. The Hall–Kier alpha value is -2.83. The van der Waals surface area contributed by atoms with Gasteiger partial charge in [0.2, 0.25) is 5.88 Å². The summed E-state index contributed by atoms with van der Waals surface area (Å²) in [5.41, 5.74) is 7.24. The van der Waals surface area contributed by atoms with Gasteiger partial charge in [-0.1, -0.05) is 5.16 Å². The maximum absolute atomic E-state index is 5.80. The Morgan fingerprint density at radius 3 is 2.62 bits per heavy atom. The first-order valence-electron chi connectivity index (χ1n) is 6.14. The van der Waals surface area contributed by atoms with Crippen LogP contribution in [0.5, 0.6) is 17.4 Å². The van der Waals surface area contributed by atoms with Crippen LogP contribution >= 0.6 is 0 Å². The van der Waals surface area contributed by atoms with Crippen molar-refractivity contribution in [1.82, 2.24) is 9.97 Å². The van der Waals surface area contributed by atoms with Gasteiger partial charge in [-0.3, -0.25) is 0 Å². The van der Waals surface area contributed by atoms with Gasteiger partial charge in [-0.25, -0.2) is 9.97 Å². The summed E-state index contributed by atoms with van der Waals surface area (Å²) in [5, 5.41) is 3.67. The maximum atomic E-state index is 5.80. The number of rotatable bonds is 5. The van der Waals surface area contributed by atoms with Crippen LogP contribution in [0.2, 0.25) is 0 Å². The number of nitrogens with zero attached hydrogens (tertiary/aromatic N) is 3. The second kappa shape index (κ2) is 6.56. The van der Waals surface area contributed by atoms with Gasteiger partial charge in [0.15, 0.2) is 0 Å². The SMILES string of the molecule is CO/N=C/c1c(N)ncnc1Oc1cc(C)cc(OC)c1. The molecule has 0 radical (unpaired) electrons. The molecule has 0 aliphatic heterocycles. The van der Waals surface area contributed by atoms with Crippen LogP contribution in [0.25, 0.3) is 0 Å². The number of nitrogens with two attached hydrogens (primary N) is 1. The molecule has 0 aliphatic rings. The predicted octanol–water partition coefficient (Wildman–Crippen LogP) is 2.15. The summed E-state index contributed by atoms with van der Waals surface area (Å²) in [6, 6.07) is 5.51. The number of hydrogen-bond acceptors (Lipinski definition) is 7. The summed E-state index contributed by atoms with van der Waals surface area (Å²) >= 11 is 0. The summed E-state index contributed by atoms with van der Waals surface area (Å²) in [7, 11) is 3.03. The molecule has 2 aromatic rings. The Balaban J connectivity index is 2.37. The number of aryl methyl sites for hydroxylation is 1. The van der Waals surface area contributed by atoms with Crippen LogP contribution in [0, 0.1) is 6.92 Å². The first-order valence-corrected chi connectivity index (χ1v) is 6.14. The molecule has 0 saturated heterocycles. The highest BCUT2D eigenvalue weighted by Crippen LogP contribution is 2.28. The van der Waals surface area contributed by atoms with E-state index in [9.17, 15) is 0 Å². The fraction of sp³-hybridized carbons (Fsp3) is 0.214. The zero-order chi connectivity index (χ0) is 15.2. The van der Waals surface area contributed by atoms with E-state index in [1.165, 1.54) is 19.7 Å². The number of nitrogen functional groups attached to an aromatic ring is 1. The molecule has 0 amide bonds. The Kier molecular flexibility index (Phi) is 4.55. The molecule has 0 fully saturated rings. The molecule has 21 heavy (non-hydrogen) atoms. The lowest BCUT2D eigenvalue weighted by Crippen LogP contribution is -2.02. The van der Waals surface area contributed by atoms with Gasteiger partial charge in [-0.15, -0.1) is 0 Å². The topological polar surface area (TPSA) is 91.9 Å². The van der Waals surface area contributed by atoms with Gasteiger partial charge in [0.1, 0.15) is 36.3 Å². The molecule has 7 nitrogen and oxygen atoms in total. The first kappa shape index (κ1) is 14.6. The van der Waals surface area contributed by atoms with E-state index in [4.69, 9.17) is 15.2 Å². The van der Waals surface area contributed by atoms with E-state index < -0.39 is 0 Å². The summed E-state index contributed by atoms with van der Waals surface area (Å²) < 4.78 is 11.0. The molecule has 110 valence electrons. The van der Waals surface area contributed by atoms with Gasteiger partial charge in [-0.2, -0.15) is 0 Å². The molecule has 0 atom stereocenters. The van der Waals surface area contributed by atoms with Crippen molar-refractivity contribution in [2.45, 2.75) is 6.92 Å². The highest BCUT2D eigenvalue weighted by atomic mass is 16.6. The molecular formula is C14H16N4O3. The third-order valence-corrected chi connectivity index (χ3v) is 2.64. The second-order valence-corrected chi connectivity index (χ2v) is 4.18. The van der Waals surface area contributed by atoms with Crippen LogP contribution in [0.1, 0.15) is 11.1 Å². The average Bonchev–Trinajstić information content (AvgIpc) is 2.46. The molecule has 0 spiro atoms. The highest BCUT2D eigenvalue weighted by molar-refractivity contribution is 5.88. The Morgan fingerprint density at radius 1 is 1.14 bits per heavy atom. The monoisotopic (exact) mass is 288 g/mol. The van der Waals surface area contributed by atoms with Gasteiger partial charge in [0.05, 0.1) is 13.3 Å². The molecule has 1 aromatic heterocycles. The lowest BCUT2D eigenvalue weighted by atomic mass is 10.2. The smallest absolute Gasteiger partial charge is 0.233 e. The number of aromatic nitrogens is 2. The number of hydrogen-bond donors (Lipinski definition) is 1. The minimum absolute atomic E-state index is 0.250. The fourth-order valence-electron chi connectivity index (χ4n) is 1.70. The molecule has 2 rings (SSSR count). The second-order valence-electron chi connectivity index (χ2n) is 4.18. The molecule has 2 N–H and O–H groups in total. The van der Waals surface area contributed by atoms with Crippen molar-refractivity contribution in [3.05, 3.63) is 35.7 Å². The molecule has 0 saturated carbocycles. The van der Waals surface area contributed by atoms with Crippen molar-refractivity contribution >= 4 is 12.0 Å². The highest BCUT2D eigenvalue weighted by Gasteiger charge is 2.11. The minimum Gasteiger partial charge on any atom is -0.497 e. The van der Waals surface area contributed by atoms with Crippen LogP contribution in [0.3, 0.4) is 0 Å². The maximum Gasteiger partial charge on any atom is 0.233 e. The molecule has 0 unspecified atom stereocenters. The van der Waals surface area contributed by atoms with Gasteiger partial charge in [0, 0.05) is 6.07 Å². The number of anilines is 1. The minimum atomic E-state index is 0.250. The van der Waals surface area contributed by atoms with Crippen molar-refractivity contribution in [2.24, 2.45) is 5.16 Å². The van der Waals surface area contributed by atoms with E-state index in [1.54, 1.807) is 13.2 Å². The van der Waals surface area contributed by atoms with Crippen molar-refractivity contribution in [3.8, 4) is 17.4 Å². The molecule has 0 bridgehead atoms. The summed E-state index contributed by atoms with van der Waals surface area (Å²) in [4.78, 5) is 12.6. The molecular weight excluding hydrogens is 272 g/mol. The van der Waals surface area contributed by atoms with Crippen LogP contribution in [0.15, 0.2) is 29.7 Å². The van der Waals surface area contributed by atoms with Crippen molar-refractivity contribution in [1.29, 1.82) is 0 Å². The van der Waals surface area contributed by atoms with Gasteiger partial charge in [0.25, 0.3) is 0 Å². The van der Waals surface area contributed by atoms with E-state index in [-0.39, 0.29) is 11.7 Å². The lowest BCUT2D eigenvalue weighted by molar-refractivity contribution is 0.215. The van der Waals surface area contributed by atoms with Crippen LogP contribution in [-0.4, -0.2) is 30.4 Å². The van der Waals surface area contributed by atoms with Gasteiger partial charge in [-0.05, 0) is 24.6 Å². The zero-order valence-electron chi connectivity index (χ0n) is 12.0. The summed E-state index contributed by atoms with van der Waals surface area (Å²) in [5.74, 6) is 1.81.